The number of aromatic nitrogens is 2. The highest BCUT2D eigenvalue weighted by Gasteiger charge is 2.24. The van der Waals surface area contributed by atoms with E-state index >= 15 is 0 Å². The Balaban J connectivity index is 3.15. The second kappa shape index (κ2) is 4.45. The molecule has 0 fully saturated rings. The van der Waals surface area contributed by atoms with Gasteiger partial charge in [0.1, 0.15) is 11.1 Å². The molecule has 0 spiro atoms. The molecule has 0 aliphatic rings. The van der Waals surface area contributed by atoms with Crippen LogP contribution in [0.5, 0.6) is 0 Å². The maximum atomic E-state index is 11.5. The quantitative estimate of drug-likeness (QED) is 0.836. The summed E-state index contributed by atoms with van der Waals surface area (Å²) in [6, 6.07) is 0. The SMILES string of the molecule is CC(C)Cc1c(N)n[nH]c1C(C)S(C)(=O)=O. The summed E-state index contributed by atoms with van der Waals surface area (Å²) in [5.41, 5.74) is 7.18. The Hall–Kier alpha value is -1.04. The number of nitrogen functional groups attached to an aromatic ring is 1. The van der Waals surface area contributed by atoms with Gasteiger partial charge in [0.2, 0.25) is 0 Å². The van der Waals surface area contributed by atoms with E-state index in [1.807, 2.05) is 0 Å². The highest BCUT2D eigenvalue weighted by atomic mass is 32.2. The van der Waals surface area contributed by atoms with E-state index < -0.39 is 15.1 Å². The van der Waals surface area contributed by atoms with Crippen molar-refractivity contribution in [3.63, 3.8) is 0 Å². The van der Waals surface area contributed by atoms with Crippen molar-refractivity contribution >= 4 is 15.7 Å². The van der Waals surface area contributed by atoms with Crippen LogP contribution in [0.2, 0.25) is 0 Å². The Morgan fingerprint density at radius 3 is 2.38 bits per heavy atom. The van der Waals surface area contributed by atoms with Crippen LogP contribution in [0.15, 0.2) is 0 Å². The van der Waals surface area contributed by atoms with Crippen molar-refractivity contribution in [3.05, 3.63) is 11.3 Å². The van der Waals surface area contributed by atoms with Crippen molar-refractivity contribution < 1.29 is 8.42 Å². The highest BCUT2D eigenvalue weighted by Crippen LogP contribution is 2.27. The van der Waals surface area contributed by atoms with Gasteiger partial charge in [-0.25, -0.2) is 8.42 Å². The molecule has 1 unspecified atom stereocenters. The van der Waals surface area contributed by atoms with Crippen molar-refractivity contribution in [1.82, 2.24) is 10.2 Å². The summed E-state index contributed by atoms with van der Waals surface area (Å²) in [7, 11) is -3.13. The molecule has 0 bridgehead atoms. The molecule has 1 rings (SSSR count). The van der Waals surface area contributed by atoms with Gasteiger partial charge in [0, 0.05) is 11.8 Å². The van der Waals surface area contributed by atoms with Crippen molar-refractivity contribution in [2.24, 2.45) is 5.92 Å². The first-order valence-corrected chi connectivity index (χ1v) is 7.20. The number of hydrogen-bond acceptors (Lipinski definition) is 4. The van der Waals surface area contributed by atoms with Crippen molar-refractivity contribution in [3.8, 4) is 0 Å². The van der Waals surface area contributed by atoms with Crippen LogP contribution in [0.1, 0.15) is 37.3 Å². The Labute approximate surface area is 96.3 Å². The molecule has 0 radical (unpaired) electrons. The van der Waals surface area contributed by atoms with Gasteiger partial charge in [-0.3, -0.25) is 5.10 Å². The van der Waals surface area contributed by atoms with E-state index in [4.69, 9.17) is 5.73 Å². The largest absolute Gasteiger partial charge is 0.382 e. The van der Waals surface area contributed by atoms with Crippen LogP contribution in [0.25, 0.3) is 0 Å². The molecule has 0 saturated heterocycles. The standard InChI is InChI=1S/C10H19N3O2S/c1-6(2)5-8-9(12-13-10(8)11)7(3)16(4,14)15/h6-7H,5H2,1-4H3,(H3,11,12,13). The summed E-state index contributed by atoms with van der Waals surface area (Å²) in [6.45, 7) is 5.76. The fourth-order valence-corrected chi connectivity index (χ4v) is 2.19. The molecule has 5 nitrogen and oxygen atoms in total. The third-order valence-corrected chi connectivity index (χ3v) is 4.11. The summed E-state index contributed by atoms with van der Waals surface area (Å²) >= 11 is 0. The molecule has 0 saturated carbocycles. The number of H-pyrrole nitrogens is 1. The van der Waals surface area contributed by atoms with Crippen LogP contribution in [0.3, 0.4) is 0 Å². The lowest BCUT2D eigenvalue weighted by molar-refractivity contribution is 0.588. The van der Waals surface area contributed by atoms with Crippen LogP contribution >= 0.6 is 0 Å². The number of aromatic amines is 1. The Morgan fingerprint density at radius 1 is 1.38 bits per heavy atom. The van der Waals surface area contributed by atoms with Crippen LogP contribution in [-0.2, 0) is 16.3 Å². The van der Waals surface area contributed by atoms with Gasteiger partial charge in [-0.15, -0.1) is 0 Å². The molecule has 1 atom stereocenters. The average Bonchev–Trinajstić information content (AvgIpc) is 2.45. The molecule has 0 aliphatic heterocycles. The minimum Gasteiger partial charge on any atom is -0.382 e. The van der Waals surface area contributed by atoms with E-state index in [-0.39, 0.29) is 0 Å². The van der Waals surface area contributed by atoms with Crippen LogP contribution in [-0.4, -0.2) is 24.9 Å². The van der Waals surface area contributed by atoms with E-state index in [0.29, 0.717) is 17.4 Å². The summed E-state index contributed by atoms with van der Waals surface area (Å²) < 4.78 is 23.0. The lowest BCUT2D eigenvalue weighted by atomic mass is 10.0. The normalized spacial score (nSPS) is 14.3. The predicted octanol–water partition coefficient (Wildman–Crippen LogP) is 1.30. The second-order valence-electron chi connectivity index (χ2n) is 4.57. The molecule has 1 heterocycles. The minimum atomic E-state index is -3.13. The van der Waals surface area contributed by atoms with Crippen LogP contribution in [0.4, 0.5) is 5.82 Å². The average molecular weight is 245 g/mol. The lowest BCUT2D eigenvalue weighted by Gasteiger charge is -2.11. The smallest absolute Gasteiger partial charge is 0.155 e. The van der Waals surface area contributed by atoms with E-state index in [1.54, 1.807) is 6.92 Å². The Bertz CT molecular complexity index is 462. The zero-order valence-electron chi connectivity index (χ0n) is 10.1. The van der Waals surface area contributed by atoms with Gasteiger partial charge in [-0.1, -0.05) is 13.8 Å². The summed E-state index contributed by atoms with van der Waals surface area (Å²) in [5, 5.41) is 6.03. The van der Waals surface area contributed by atoms with Crippen molar-refractivity contribution in [2.45, 2.75) is 32.4 Å². The molecule has 1 aromatic rings. The number of anilines is 1. The number of rotatable bonds is 4. The van der Waals surface area contributed by atoms with E-state index in [1.165, 1.54) is 6.26 Å². The number of hydrogen-bond donors (Lipinski definition) is 2. The second-order valence-corrected chi connectivity index (χ2v) is 6.94. The highest BCUT2D eigenvalue weighted by molar-refractivity contribution is 7.90. The molecule has 0 amide bonds. The predicted molar refractivity (Wildman–Crippen MR) is 64.8 cm³/mol. The lowest BCUT2D eigenvalue weighted by Crippen LogP contribution is -2.11. The zero-order chi connectivity index (χ0) is 12.5. The Kier molecular flexibility index (Phi) is 3.62. The molecule has 1 aromatic heterocycles. The fraction of sp³-hybridized carbons (Fsp3) is 0.700. The Morgan fingerprint density at radius 2 is 1.94 bits per heavy atom. The van der Waals surface area contributed by atoms with Crippen molar-refractivity contribution in [1.29, 1.82) is 0 Å². The summed E-state index contributed by atoms with van der Waals surface area (Å²) in [6.07, 6.45) is 1.95. The number of nitrogens with zero attached hydrogens (tertiary/aromatic N) is 1. The van der Waals surface area contributed by atoms with Crippen molar-refractivity contribution in [2.75, 3.05) is 12.0 Å². The molecule has 0 aliphatic carbocycles. The molecular formula is C10H19N3O2S. The van der Waals surface area contributed by atoms with Gasteiger partial charge >= 0.3 is 0 Å². The van der Waals surface area contributed by atoms with Gasteiger partial charge in [-0.05, 0) is 19.3 Å². The molecule has 6 heteroatoms. The van der Waals surface area contributed by atoms with E-state index in [0.717, 1.165) is 12.0 Å². The summed E-state index contributed by atoms with van der Waals surface area (Å²) in [4.78, 5) is 0. The first-order valence-electron chi connectivity index (χ1n) is 5.25. The maximum Gasteiger partial charge on any atom is 0.155 e. The number of nitrogens with two attached hydrogens (primary N) is 1. The van der Waals surface area contributed by atoms with E-state index in [9.17, 15) is 8.42 Å². The van der Waals surface area contributed by atoms with Crippen LogP contribution < -0.4 is 5.73 Å². The van der Waals surface area contributed by atoms with Gasteiger partial charge in [-0.2, -0.15) is 5.10 Å². The van der Waals surface area contributed by atoms with Gasteiger partial charge in [0.15, 0.2) is 9.84 Å². The molecule has 0 aromatic carbocycles. The van der Waals surface area contributed by atoms with E-state index in [2.05, 4.69) is 24.0 Å². The summed E-state index contributed by atoms with van der Waals surface area (Å²) in [5.74, 6) is 0.810. The van der Waals surface area contributed by atoms with Gasteiger partial charge < -0.3 is 5.73 Å². The third-order valence-electron chi connectivity index (χ3n) is 2.59. The number of sulfone groups is 1. The number of nitrogens with one attached hydrogen (secondary N) is 1. The zero-order valence-corrected chi connectivity index (χ0v) is 10.9. The molecule has 16 heavy (non-hydrogen) atoms. The van der Waals surface area contributed by atoms with Gasteiger partial charge in [0.05, 0.1) is 5.69 Å². The molecule has 92 valence electrons. The van der Waals surface area contributed by atoms with Gasteiger partial charge in [0.25, 0.3) is 0 Å². The first kappa shape index (κ1) is 13.0. The first-order chi connectivity index (χ1) is 7.23. The monoisotopic (exact) mass is 245 g/mol. The topological polar surface area (TPSA) is 88.8 Å². The third kappa shape index (κ3) is 2.75. The fourth-order valence-electron chi connectivity index (χ4n) is 1.57. The minimum absolute atomic E-state index is 0.402. The molecule has 3 N–H and O–H groups in total. The maximum absolute atomic E-state index is 11.5. The van der Waals surface area contributed by atoms with Crippen LogP contribution in [0, 0.1) is 5.92 Å². The molecular weight excluding hydrogens is 226 g/mol.